The molecule has 29 heavy (non-hydrogen) atoms. The predicted molar refractivity (Wildman–Crippen MR) is 113 cm³/mol. The van der Waals surface area contributed by atoms with Crippen molar-refractivity contribution in [2.75, 3.05) is 31.6 Å². The summed E-state index contributed by atoms with van der Waals surface area (Å²) < 4.78 is 4.82. The minimum atomic E-state index is -0.166. The average molecular weight is 392 g/mol. The zero-order valence-corrected chi connectivity index (χ0v) is 17.0. The molecule has 0 spiro atoms. The van der Waals surface area contributed by atoms with Crippen molar-refractivity contribution in [3.63, 3.8) is 0 Å². The first-order chi connectivity index (χ1) is 14.2. The third-order valence-corrected chi connectivity index (χ3v) is 6.10. The molecule has 0 saturated carbocycles. The third-order valence-electron chi connectivity index (χ3n) is 6.10. The number of anilines is 1. The molecular weight excluding hydrogens is 364 g/mol. The van der Waals surface area contributed by atoms with Gasteiger partial charge in [-0.1, -0.05) is 30.3 Å². The Hall–Kier alpha value is -2.82. The van der Waals surface area contributed by atoms with Crippen LogP contribution in [0.1, 0.15) is 40.7 Å². The van der Waals surface area contributed by atoms with Crippen molar-refractivity contribution < 1.29 is 14.3 Å². The largest absolute Gasteiger partial charge is 0.469 e. The van der Waals surface area contributed by atoms with Crippen LogP contribution in [0.3, 0.4) is 0 Å². The molecule has 0 bridgehead atoms. The van der Waals surface area contributed by atoms with E-state index in [0.29, 0.717) is 31.5 Å². The predicted octanol–water partition coefficient (Wildman–Crippen LogP) is 3.66. The molecule has 2 aliphatic heterocycles. The molecule has 152 valence electrons. The van der Waals surface area contributed by atoms with Crippen LogP contribution >= 0.6 is 0 Å². The molecule has 2 aromatic carbocycles. The third kappa shape index (κ3) is 4.29. The summed E-state index contributed by atoms with van der Waals surface area (Å²) in [6.07, 6.45) is 3.66. The molecule has 1 fully saturated rings. The van der Waals surface area contributed by atoms with Crippen LogP contribution in [0.4, 0.5) is 5.69 Å². The molecule has 1 saturated heterocycles. The molecule has 2 heterocycles. The fourth-order valence-electron chi connectivity index (χ4n) is 4.42. The number of amides is 1. The molecule has 2 aliphatic rings. The number of nitrogens with zero attached hydrogens (tertiary/aromatic N) is 2. The SMILES string of the molecule is COC(=O)C1CCN(C(=O)c2ccc(CN3CCCc4ccccc43)cc2)CC1. The number of carbonyl (C=O) groups excluding carboxylic acids is 2. The summed E-state index contributed by atoms with van der Waals surface area (Å²) in [6.45, 7) is 3.12. The van der Waals surface area contributed by atoms with Crippen molar-refractivity contribution in [2.45, 2.75) is 32.2 Å². The lowest BCUT2D eigenvalue weighted by Crippen LogP contribution is -2.40. The summed E-state index contributed by atoms with van der Waals surface area (Å²) >= 11 is 0. The van der Waals surface area contributed by atoms with E-state index in [2.05, 4.69) is 41.3 Å². The maximum absolute atomic E-state index is 12.8. The molecule has 4 rings (SSSR count). The molecular formula is C24H28N2O3. The molecule has 5 nitrogen and oxygen atoms in total. The van der Waals surface area contributed by atoms with Gasteiger partial charge in [-0.2, -0.15) is 0 Å². The first-order valence-corrected chi connectivity index (χ1v) is 10.4. The second kappa shape index (κ2) is 8.68. The van der Waals surface area contributed by atoms with Gasteiger partial charge in [0.2, 0.25) is 0 Å². The van der Waals surface area contributed by atoms with Crippen LogP contribution in [0.2, 0.25) is 0 Å². The second-order valence-corrected chi connectivity index (χ2v) is 7.94. The molecule has 0 aliphatic carbocycles. The summed E-state index contributed by atoms with van der Waals surface area (Å²) in [4.78, 5) is 28.7. The van der Waals surface area contributed by atoms with E-state index in [1.54, 1.807) is 0 Å². The first-order valence-electron chi connectivity index (χ1n) is 10.4. The van der Waals surface area contributed by atoms with E-state index in [0.717, 1.165) is 19.5 Å². The number of carbonyl (C=O) groups is 2. The Labute approximate surface area is 172 Å². The van der Waals surface area contributed by atoms with E-state index >= 15 is 0 Å². The Morgan fingerprint density at radius 2 is 1.72 bits per heavy atom. The number of para-hydroxylation sites is 1. The Morgan fingerprint density at radius 3 is 2.45 bits per heavy atom. The number of piperidine rings is 1. The van der Waals surface area contributed by atoms with Crippen LogP contribution in [0.15, 0.2) is 48.5 Å². The minimum absolute atomic E-state index is 0.0446. The van der Waals surface area contributed by atoms with Gasteiger partial charge < -0.3 is 14.5 Å². The highest BCUT2D eigenvalue weighted by molar-refractivity contribution is 5.94. The smallest absolute Gasteiger partial charge is 0.308 e. The fourth-order valence-corrected chi connectivity index (χ4v) is 4.42. The van der Waals surface area contributed by atoms with Crippen LogP contribution in [-0.4, -0.2) is 43.5 Å². The van der Waals surface area contributed by atoms with Crippen molar-refractivity contribution in [3.8, 4) is 0 Å². The number of ether oxygens (including phenoxy) is 1. The lowest BCUT2D eigenvalue weighted by atomic mass is 9.96. The van der Waals surface area contributed by atoms with Gasteiger partial charge in [-0.05, 0) is 55.0 Å². The van der Waals surface area contributed by atoms with E-state index in [9.17, 15) is 9.59 Å². The highest BCUT2D eigenvalue weighted by atomic mass is 16.5. The molecule has 1 amide bonds. The van der Waals surface area contributed by atoms with Crippen LogP contribution in [-0.2, 0) is 22.5 Å². The Bertz CT molecular complexity index is 870. The monoisotopic (exact) mass is 392 g/mol. The van der Waals surface area contributed by atoms with E-state index < -0.39 is 0 Å². The van der Waals surface area contributed by atoms with Crippen LogP contribution < -0.4 is 4.90 Å². The molecule has 0 unspecified atom stereocenters. The molecule has 0 radical (unpaired) electrons. The maximum atomic E-state index is 12.8. The Morgan fingerprint density at radius 1 is 1.00 bits per heavy atom. The van der Waals surface area contributed by atoms with Crippen LogP contribution in [0, 0.1) is 5.92 Å². The van der Waals surface area contributed by atoms with Gasteiger partial charge in [0.15, 0.2) is 0 Å². The molecule has 0 atom stereocenters. The van der Waals surface area contributed by atoms with Crippen molar-refractivity contribution in [2.24, 2.45) is 5.92 Å². The topological polar surface area (TPSA) is 49.9 Å². The fraction of sp³-hybridized carbons (Fsp3) is 0.417. The minimum Gasteiger partial charge on any atom is -0.469 e. The van der Waals surface area contributed by atoms with Gasteiger partial charge in [-0.15, -0.1) is 0 Å². The number of fused-ring (bicyclic) bond motifs is 1. The van der Waals surface area contributed by atoms with Crippen LogP contribution in [0.5, 0.6) is 0 Å². The van der Waals surface area contributed by atoms with E-state index in [1.165, 1.54) is 30.3 Å². The summed E-state index contributed by atoms with van der Waals surface area (Å²) in [5.74, 6) is -0.206. The van der Waals surface area contributed by atoms with Gasteiger partial charge in [-0.25, -0.2) is 0 Å². The normalized spacial score (nSPS) is 17.0. The van der Waals surface area contributed by atoms with E-state index in [1.807, 2.05) is 17.0 Å². The molecule has 5 heteroatoms. The number of esters is 1. The van der Waals surface area contributed by atoms with E-state index in [-0.39, 0.29) is 17.8 Å². The summed E-state index contributed by atoms with van der Waals surface area (Å²) in [5.41, 5.74) is 4.67. The lowest BCUT2D eigenvalue weighted by molar-refractivity contribution is -0.146. The molecule has 0 N–H and O–H groups in total. The number of rotatable bonds is 4. The van der Waals surface area contributed by atoms with Gasteiger partial charge in [0.05, 0.1) is 13.0 Å². The average Bonchev–Trinajstić information content (AvgIpc) is 2.79. The summed E-state index contributed by atoms with van der Waals surface area (Å²) in [6, 6.07) is 16.6. The maximum Gasteiger partial charge on any atom is 0.308 e. The van der Waals surface area contributed by atoms with Gasteiger partial charge in [-0.3, -0.25) is 9.59 Å². The van der Waals surface area contributed by atoms with Crippen molar-refractivity contribution in [3.05, 3.63) is 65.2 Å². The van der Waals surface area contributed by atoms with Crippen molar-refractivity contribution >= 4 is 17.6 Å². The highest BCUT2D eigenvalue weighted by Gasteiger charge is 2.28. The van der Waals surface area contributed by atoms with Gasteiger partial charge in [0.1, 0.15) is 0 Å². The van der Waals surface area contributed by atoms with Gasteiger partial charge in [0.25, 0.3) is 5.91 Å². The zero-order chi connectivity index (χ0) is 20.2. The quantitative estimate of drug-likeness (QED) is 0.745. The number of hydrogen-bond acceptors (Lipinski definition) is 4. The number of methoxy groups -OCH3 is 1. The number of likely N-dealkylation sites (tertiary alicyclic amines) is 1. The van der Waals surface area contributed by atoms with Crippen LogP contribution in [0.25, 0.3) is 0 Å². The standard InChI is InChI=1S/C24H28N2O3/c1-29-24(28)21-12-15-25(16-13-21)23(27)20-10-8-18(9-11-20)17-26-14-4-6-19-5-2-3-7-22(19)26/h2-3,5,7-11,21H,4,6,12-17H2,1H3. The van der Waals surface area contributed by atoms with E-state index in [4.69, 9.17) is 4.74 Å². The highest BCUT2D eigenvalue weighted by Crippen LogP contribution is 2.28. The van der Waals surface area contributed by atoms with Gasteiger partial charge in [0, 0.05) is 37.4 Å². The molecule has 0 aromatic heterocycles. The zero-order valence-electron chi connectivity index (χ0n) is 17.0. The van der Waals surface area contributed by atoms with Crippen molar-refractivity contribution in [1.29, 1.82) is 0 Å². The second-order valence-electron chi connectivity index (χ2n) is 7.94. The summed E-state index contributed by atoms with van der Waals surface area (Å²) in [7, 11) is 1.42. The lowest BCUT2D eigenvalue weighted by Gasteiger charge is -2.32. The Balaban J connectivity index is 1.37. The van der Waals surface area contributed by atoms with Crippen molar-refractivity contribution in [1.82, 2.24) is 4.90 Å². The van der Waals surface area contributed by atoms with Gasteiger partial charge >= 0.3 is 5.97 Å². The first kappa shape index (κ1) is 19.5. The summed E-state index contributed by atoms with van der Waals surface area (Å²) in [5, 5.41) is 0. The number of aryl methyl sites for hydroxylation is 1. The number of benzene rings is 2. The number of hydrogen-bond donors (Lipinski definition) is 0. The Kier molecular flexibility index (Phi) is 5.84. The molecule has 2 aromatic rings.